The van der Waals surface area contributed by atoms with Crippen LogP contribution in [-0.4, -0.2) is 36.6 Å². The fraction of sp³-hybridized carbons (Fsp3) is 0.333. The molecule has 0 spiro atoms. The van der Waals surface area contributed by atoms with Gasteiger partial charge in [0.15, 0.2) is 0 Å². The smallest absolute Gasteiger partial charge is 0.127 e. The van der Waals surface area contributed by atoms with E-state index in [1.807, 2.05) is 54.6 Å². The first-order chi connectivity index (χ1) is 11.7. The minimum Gasteiger partial charge on any atom is -0.391 e. The topological polar surface area (TPSA) is 67.9 Å². The van der Waals surface area contributed by atoms with Crippen molar-refractivity contribution in [1.82, 2.24) is 24.6 Å². The Kier molecular flexibility index (Phi) is 3.92. The average Bonchev–Trinajstić information content (AvgIpc) is 3.21. The molecule has 1 aliphatic carbocycles. The molecule has 1 aliphatic rings. The average molecular weight is 323 g/mol. The third kappa shape index (κ3) is 2.74. The standard InChI is InChI=1S/C18H21N5O/c1-13-10-21-23(12-13)18-15(9-16(18)24)20-11-17-19-7-8-22(17)14-5-3-2-4-6-14/h2-8,10,12,15-16,18,20,24H,9,11H2,1H3/t15-,16+,18+/m0/s1. The van der Waals surface area contributed by atoms with Crippen LogP contribution < -0.4 is 5.32 Å². The Hall–Kier alpha value is -2.44. The third-order valence-corrected chi connectivity index (χ3v) is 4.61. The Bertz CT molecular complexity index is 810. The van der Waals surface area contributed by atoms with Crippen LogP contribution in [0.15, 0.2) is 55.1 Å². The summed E-state index contributed by atoms with van der Waals surface area (Å²) in [6.45, 7) is 2.66. The summed E-state index contributed by atoms with van der Waals surface area (Å²) in [5.41, 5.74) is 2.20. The minimum atomic E-state index is -0.351. The highest BCUT2D eigenvalue weighted by Crippen LogP contribution is 2.32. The number of rotatable bonds is 5. The first-order valence-corrected chi connectivity index (χ1v) is 8.22. The van der Waals surface area contributed by atoms with E-state index in [1.54, 1.807) is 0 Å². The minimum absolute atomic E-state index is 0.0150. The molecule has 0 radical (unpaired) electrons. The van der Waals surface area contributed by atoms with Gasteiger partial charge in [-0.25, -0.2) is 4.98 Å². The van der Waals surface area contributed by atoms with Crippen LogP contribution >= 0.6 is 0 Å². The molecular weight excluding hydrogens is 302 g/mol. The number of hydrogen-bond donors (Lipinski definition) is 2. The summed E-state index contributed by atoms with van der Waals surface area (Å²) in [6, 6.07) is 10.3. The lowest BCUT2D eigenvalue weighted by molar-refractivity contribution is -0.00849. The van der Waals surface area contributed by atoms with Crippen LogP contribution in [0.25, 0.3) is 5.69 Å². The predicted molar refractivity (Wildman–Crippen MR) is 90.8 cm³/mol. The van der Waals surface area contributed by atoms with E-state index in [2.05, 4.69) is 32.1 Å². The van der Waals surface area contributed by atoms with Crippen molar-refractivity contribution in [3.63, 3.8) is 0 Å². The van der Waals surface area contributed by atoms with Gasteiger partial charge < -0.3 is 15.0 Å². The van der Waals surface area contributed by atoms with E-state index >= 15 is 0 Å². The molecule has 2 N–H and O–H groups in total. The highest BCUT2D eigenvalue weighted by atomic mass is 16.3. The molecule has 1 saturated carbocycles. The number of para-hydroxylation sites is 1. The lowest BCUT2D eigenvalue weighted by Gasteiger charge is -2.42. The molecule has 124 valence electrons. The normalized spacial score (nSPS) is 23.2. The van der Waals surface area contributed by atoms with Gasteiger partial charge in [0.1, 0.15) is 5.82 Å². The quantitative estimate of drug-likeness (QED) is 0.752. The Morgan fingerprint density at radius 1 is 1.29 bits per heavy atom. The van der Waals surface area contributed by atoms with Crippen molar-refractivity contribution in [1.29, 1.82) is 0 Å². The maximum Gasteiger partial charge on any atom is 0.127 e. The molecule has 0 bridgehead atoms. The van der Waals surface area contributed by atoms with Gasteiger partial charge in [-0.15, -0.1) is 0 Å². The number of nitrogens with one attached hydrogen (secondary N) is 1. The lowest BCUT2D eigenvalue weighted by atomic mass is 9.83. The van der Waals surface area contributed by atoms with Gasteiger partial charge in [-0.2, -0.15) is 5.10 Å². The molecule has 6 heteroatoms. The Balaban J connectivity index is 1.45. The largest absolute Gasteiger partial charge is 0.391 e. The number of aryl methyl sites for hydroxylation is 1. The lowest BCUT2D eigenvalue weighted by Crippen LogP contribution is -2.54. The molecule has 2 aromatic heterocycles. The summed E-state index contributed by atoms with van der Waals surface area (Å²) in [5, 5.41) is 18.0. The molecule has 1 aromatic carbocycles. The number of imidazole rings is 1. The van der Waals surface area contributed by atoms with E-state index in [1.165, 1.54) is 0 Å². The van der Waals surface area contributed by atoms with Crippen molar-refractivity contribution < 1.29 is 5.11 Å². The van der Waals surface area contributed by atoms with Crippen LogP contribution in [-0.2, 0) is 6.54 Å². The number of nitrogens with zero attached hydrogens (tertiary/aromatic N) is 4. The van der Waals surface area contributed by atoms with Gasteiger partial charge in [0.2, 0.25) is 0 Å². The van der Waals surface area contributed by atoms with Crippen molar-refractivity contribution in [2.24, 2.45) is 0 Å². The van der Waals surface area contributed by atoms with Gasteiger partial charge in [-0.05, 0) is 31.0 Å². The van der Waals surface area contributed by atoms with Crippen molar-refractivity contribution in [2.75, 3.05) is 0 Å². The first kappa shape index (κ1) is 15.1. The summed E-state index contributed by atoms with van der Waals surface area (Å²) in [5.74, 6) is 0.956. The van der Waals surface area contributed by atoms with Gasteiger partial charge in [-0.3, -0.25) is 4.68 Å². The summed E-state index contributed by atoms with van der Waals surface area (Å²) in [7, 11) is 0. The predicted octanol–water partition coefficient (Wildman–Crippen LogP) is 1.84. The second-order valence-corrected chi connectivity index (χ2v) is 6.33. The van der Waals surface area contributed by atoms with Crippen molar-refractivity contribution in [3.05, 3.63) is 66.5 Å². The van der Waals surface area contributed by atoms with Crippen molar-refractivity contribution in [3.8, 4) is 5.69 Å². The molecule has 1 fully saturated rings. The van der Waals surface area contributed by atoms with Crippen LogP contribution in [0.3, 0.4) is 0 Å². The fourth-order valence-corrected chi connectivity index (χ4v) is 3.28. The Labute approximate surface area is 140 Å². The maximum atomic E-state index is 10.1. The second-order valence-electron chi connectivity index (χ2n) is 6.33. The van der Waals surface area contributed by atoms with E-state index in [0.29, 0.717) is 6.54 Å². The fourth-order valence-electron chi connectivity index (χ4n) is 3.28. The molecular formula is C18H21N5O. The number of hydrogen-bond acceptors (Lipinski definition) is 4. The number of aliphatic hydroxyl groups is 1. The van der Waals surface area contributed by atoms with E-state index in [-0.39, 0.29) is 18.2 Å². The molecule has 0 saturated heterocycles. The molecule has 4 rings (SSSR count). The Morgan fingerprint density at radius 3 is 2.83 bits per heavy atom. The van der Waals surface area contributed by atoms with E-state index < -0.39 is 0 Å². The zero-order valence-electron chi connectivity index (χ0n) is 13.6. The third-order valence-electron chi connectivity index (χ3n) is 4.61. The van der Waals surface area contributed by atoms with Gasteiger partial charge in [0.05, 0.1) is 24.9 Å². The van der Waals surface area contributed by atoms with Gasteiger partial charge in [0, 0.05) is 30.3 Å². The summed E-state index contributed by atoms with van der Waals surface area (Å²) < 4.78 is 3.94. The molecule has 2 heterocycles. The van der Waals surface area contributed by atoms with Crippen molar-refractivity contribution in [2.45, 2.75) is 38.1 Å². The summed E-state index contributed by atoms with van der Waals surface area (Å²) in [4.78, 5) is 4.46. The number of aliphatic hydroxyl groups excluding tert-OH is 1. The highest BCUT2D eigenvalue weighted by Gasteiger charge is 2.41. The van der Waals surface area contributed by atoms with E-state index in [4.69, 9.17) is 0 Å². The monoisotopic (exact) mass is 323 g/mol. The number of aromatic nitrogens is 4. The zero-order valence-corrected chi connectivity index (χ0v) is 13.6. The molecule has 3 aromatic rings. The van der Waals surface area contributed by atoms with Gasteiger partial charge in [-0.1, -0.05) is 18.2 Å². The highest BCUT2D eigenvalue weighted by molar-refractivity contribution is 5.32. The van der Waals surface area contributed by atoms with E-state index in [0.717, 1.165) is 23.5 Å². The number of benzene rings is 1. The van der Waals surface area contributed by atoms with Gasteiger partial charge >= 0.3 is 0 Å². The molecule has 0 amide bonds. The zero-order chi connectivity index (χ0) is 16.5. The first-order valence-electron chi connectivity index (χ1n) is 8.22. The van der Waals surface area contributed by atoms with Crippen LogP contribution in [0.2, 0.25) is 0 Å². The summed E-state index contributed by atoms with van der Waals surface area (Å²) in [6.07, 6.45) is 7.96. The second kappa shape index (κ2) is 6.22. The summed E-state index contributed by atoms with van der Waals surface area (Å²) >= 11 is 0. The maximum absolute atomic E-state index is 10.1. The van der Waals surface area contributed by atoms with Crippen LogP contribution in [0, 0.1) is 6.92 Å². The van der Waals surface area contributed by atoms with E-state index in [9.17, 15) is 5.11 Å². The molecule has 0 unspecified atom stereocenters. The van der Waals surface area contributed by atoms with Crippen LogP contribution in [0.5, 0.6) is 0 Å². The Morgan fingerprint density at radius 2 is 2.12 bits per heavy atom. The van der Waals surface area contributed by atoms with Crippen LogP contribution in [0.4, 0.5) is 0 Å². The van der Waals surface area contributed by atoms with Gasteiger partial charge in [0.25, 0.3) is 0 Å². The molecule has 6 nitrogen and oxygen atoms in total. The van der Waals surface area contributed by atoms with Crippen LogP contribution in [0.1, 0.15) is 23.9 Å². The molecule has 0 aliphatic heterocycles. The molecule has 24 heavy (non-hydrogen) atoms. The molecule has 3 atom stereocenters. The SMILES string of the molecule is Cc1cnn([C@H]2[C@H](O)C[C@@H]2NCc2nccn2-c2ccccc2)c1. The van der Waals surface area contributed by atoms with Crippen molar-refractivity contribution >= 4 is 0 Å².